The van der Waals surface area contributed by atoms with Gasteiger partial charge in [-0.1, -0.05) is 0 Å². The fourth-order valence-corrected chi connectivity index (χ4v) is 2.11. The molecule has 9 heteroatoms. The molecule has 3 heterocycles. The molecule has 3 rings (SSSR count). The van der Waals surface area contributed by atoms with Crippen LogP contribution in [0.1, 0.15) is 16.1 Å². The van der Waals surface area contributed by atoms with Gasteiger partial charge in [-0.25, -0.2) is 9.37 Å². The maximum atomic E-state index is 14.0. The Hall–Kier alpha value is -2.97. The molecule has 0 atom stereocenters. The fraction of sp³-hybridized carbons (Fsp3) is 0.0714. The third-order valence-corrected chi connectivity index (χ3v) is 3.20. The van der Waals surface area contributed by atoms with Gasteiger partial charge in [-0.05, 0) is 18.2 Å². The van der Waals surface area contributed by atoms with Crippen molar-refractivity contribution in [1.82, 2.24) is 14.5 Å². The number of nitrogens with two attached hydrogens (primary N) is 1. The minimum atomic E-state index is -4.69. The third-order valence-electron chi connectivity index (χ3n) is 3.20. The standard InChI is InChI=1S/C14H8F4N4O/c15-9-3-8(14(16,17)18)6-21-13(9)22-2-1-7-5-20-10(12(19)23)4-11(7)22/h1-6H,(H2,19,23). The summed E-state index contributed by atoms with van der Waals surface area (Å²) >= 11 is 0. The summed E-state index contributed by atoms with van der Waals surface area (Å²) in [7, 11) is 0. The maximum absolute atomic E-state index is 14.0. The average molecular weight is 324 g/mol. The molecule has 0 spiro atoms. The van der Waals surface area contributed by atoms with E-state index in [-0.39, 0.29) is 11.5 Å². The Morgan fingerprint density at radius 2 is 1.91 bits per heavy atom. The van der Waals surface area contributed by atoms with Crippen molar-refractivity contribution in [2.45, 2.75) is 6.18 Å². The molecular formula is C14H8F4N4O. The molecule has 5 nitrogen and oxygen atoms in total. The Morgan fingerprint density at radius 1 is 1.17 bits per heavy atom. The third kappa shape index (κ3) is 2.60. The molecule has 0 fully saturated rings. The smallest absolute Gasteiger partial charge is 0.364 e. The second-order valence-corrected chi connectivity index (χ2v) is 4.71. The topological polar surface area (TPSA) is 73.8 Å². The highest BCUT2D eigenvalue weighted by Crippen LogP contribution is 2.30. The zero-order valence-corrected chi connectivity index (χ0v) is 11.3. The molecular weight excluding hydrogens is 316 g/mol. The van der Waals surface area contributed by atoms with Crippen molar-refractivity contribution >= 4 is 16.8 Å². The predicted molar refractivity (Wildman–Crippen MR) is 72.3 cm³/mol. The Balaban J connectivity index is 2.17. The molecule has 118 valence electrons. The summed E-state index contributed by atoms with van der Waals surface area (Å²) in [5, 5.41) is 0.552. The molecule has 0 aliphatic rings. The Morgan fingerprint density at radius 3 is 2.52 bits per heavy atom. The first-order valence-electron chi connectivity index (χ1n) is 6.27. The van der Waals surface area contributed by atoms with E-state index >= 15 is 0 Å². The minimum Gasteiger partial charge on any atom is -0.364 e. The zero-order chi connectivity index (χ0) is 16.8. The molecule has 0 aliphatic heterocycles. The van der Waals surface area contributed by atoms with Crippen LogP contribution in [0.4, 0.5) is 17.6 Å². The number of fused-ring (bicyclic) bond motifs is 1. The van der Waals surface area contributed by atoms with Crippen molar-refractivity contribution in [3.05, 3.63) is 53.9 Å². The molecule has 0 aliphatic carbocycles. The monoisotopic (exact) mass is 324 g/mol. The van der Waals surface area contributed by atoms with Crippen molar-refractivity contribution in [1.29, 1.82) is 0 Å². The summed E-state index contributed by atoms with van der Waals surface area (Å²) in [5.74, 6) is -2.25. The quantitative estimate of drug-likeness (QED) is 0.737. The van der Waals surface area contributed by atoms with Gasteiger partial charge in [0.15, 0.2) is 11.6 Å². The van der Waals surface area contributed by atoms with Gasteiger partial charge in [-0.3, -0.25) is 14.3 Å². The number of carbonyl (C=O) groups excluding carboxylic acids is 1. The van der Waals surface area contributed by atoms with Gasteiger partial charge in [0.2, 0.25) is 0 Å². The SMILES string of the molecule is NC(=O)c1cc2c(ccn2-c2ncc(C(F)(F)F)cc2F)cn1. The molecule has 23 heavy (non-hydrogen) atoms. The largest absolute Gasteiger partial charge is 0.417 e. The van der Waals surface area contributed by atoms with Crippen molar-refractivity contribution in [3.8, 4) is 5.82 Å². The molecule has 0 unspecified atom stereocenters. The number of amides is 1. The number of hydrogen-bond acceptors (Lipinski definition) is 3. The van der Waals surface area contributed by atoms with E-state index in [1.165, 1.54) is 23.0 Å². The van der Waals surface area contributed by atoms with E-state index in [4.69, 9.17) is 5.73 Å². The summed E-state index contributed by atoms with van der Waals surface area (Å²) in [4.78, 5) is 18.5. The number of primary amides is 1. The van der Waals surface area contributed by atoms with Crippen LogP contribution in [0.2, 0.25) is 0 Å². The highest BCUT2D eigenvalue weighted by atomic mass is 19.4. The Kier molecular flexibility index (Phi) is 3.28. The van der Waals surface area contributed by atoms with Crippen LogP contribution in [0.15, 0.2) is 36.8 Å². The molecule has 0 saturated heterocycles. The number of rotatable bonds is 2. The number of halogens is 4. The van der Waals surface area contributed by atoms with Gasteiger partial charge in [-0.2, -0.15) is 13.2 Å². The van der Waals surface area contributed by atoms with E-state index in [1.54, 1.807) is 6.07 Å². The van der Waals surface area contributed by atoms with Crippen LogP contribution in [-0.4, -0.2) is 20.4 Å². The van der Waals surface area contributed by atoms with Crippen molar-refractivity contribution < 1.29 is 22.4 Å². The number of pyridine rings is 2. The lowest BCUT2D eigenvalue weighted by atomic mass is 10.2. The second-order valence-electron chi connectivity index (χ2n) is 4.71. The van der Waals surface area contributed by atoms with Crippen LogP contribution < -0.4 is 5.73 Å². The molecule has 3 aromatic heterocycles. The van der Waals surface area contributed by atoms with Crippen LogP contribution in [0.25, 0.3) is 16.7 Å². The number of hydrogen-bond donors (Lipinski definition) is 1. The summed E-state index contributed by atoms with van der Waals surface area (Å²) in [6, 6.07) is 3.24. The zero-order valence-electron chi connectivity index (χ0n) is 11.3. The Bertz CT molecular complexity index is 917. The second kappa shape index (κ2) is 5.04. The molecule has 0 aromatic carbocycles. The van der Waals surface area contributed by atoms with Crippen LogP contribution in [0.3, 0.4) is 0 Å². The van der Waals surface area contributed by atoms with E-state index in [0.29, 0.717) is 23.2 Å². The van der Waals surface area contributed by atoms with Gasteiger partial charge in [0.25, 0.3) is 5.91 Å². The normalized spacial score (nSPS) is 11.8. The Labute approximate surface area is 126 Å². The van der Waals surface area contributed by atoms with Gasteiger partial charge in [0, 0.05) is 24.0 Å². The fourth-order valence-electron chi connectivity index (χ4n) is 2.11. The lowest BCUT2D eigenvalue weighted by Gasteiger charge is -2.10. The molecule has 1 amide bonds. The number of aromatic nitrogens is 3. The first kappa shape index (κ1) is 14.9. The maximum Gasteiger partial charge on any atom is 0.417 e. The lowest BCUT2D eigenvalue weighted by Crippen LogP contribution is -2.13. The minimum absolute atomic E-state index is 0.0511. The molecule has 0 bridgehead atoms. The van der Waals surface area contributed by atoms with E-state index in [1.807, 2.05) is 0 Å². The van der Waals surface area contributed by atoms with E-state index in [0.717, 1.165) is 0 Å². The molecule has 3 aromatic rings. The summed E-state index contributed by atoms with van der Waals surface area (Å²) in [6.07, 6.45) is -1.38. The van der Waals surface area contributed by atoms with E-state index < -0.39 is 23.5 Å². The van der Waals surface area contributed by atoms with Crippen LogP contribution in [-0.2, 0) is 6.18 Å². The molecule has 0 radical (unpaired) electrons. The summed E-state index contributed by atoms with van der Waals surface area (Å²) < 4.78 is 53.0. The molecule has 0 saturated carbocycles. The number of alkyl halides is 3. The highest BCUT2D eigenvalue weighted by molar-refractivity contribution is 5.94. The number of nitrogens with zero attached hydrogens (tertiary/aromatic N) is 3. The van der Waals surface area contributed by atoms with E-state index in [2.05, 4.69) is 9.97 Å². The predicted octanol–water partition coefficient (Wildman–Crippen LogP) is 2.68. The van der Waals surface area contributed by atoms with Crippen molar-refractivity contribution in [3.63, 3.8) is 0 Å². The van der Waals surface area contributed by atoms with Crippen molar-refractivity contribution in [2.75, 3.05) is 0 Å². The summed E-state index contributed by atoms with van der Waals surface area (Å²) in [5.41, 5.74) is 4.25. The van der Waals surface area contributed by atoms with Gasteiger partial charge in [0.05, 0.1) is 11.1 Å². The van der Waals surface area contributed by atoms with Gasteiger partial charge in [-0.15, -0.1) is 0 Å². The highest BCUT2D eigenvalue weighted by Gasteiger charge is 2.32. The number of carbonyl (C=O) groups is 1. The van der Waals surface area contributed by atoms with Gasteiger partial charge >= 0.3 is 6.18 Å². The first-order valence-corrected chi connectivity index (χ1v) is 6.27. The average Bonchev–Trinajstić information content (AvgIpc) is 2.89. The first-order chi connectivity index (χ1) is 10.8. The van der Waals surface area contributed by atoms with Crippen LogP contribution in [0.5, 0.6) is 0 Å². The lowest BCUT2D eigenvalue weighted by molar-refractivity contribution is -0.138. The van der Waals surface area contributed by atoms with Crippen LogP contribution >= 0.6 is 0 Å². The van der Waals surface area contributed by atoms with E-state index in [9.17, 15) is 22.4 Å². The molecule has 2 N–H and O–H groups in total. The van der Waals surface area contributed by atoms with Gasteiger partial charge < -0.3 is 5.73 Å². The van der Waals surface area contributed by atoms with Crippen molar-refractivity contribution in [2.24, 2.45) is 5.73 Å². The van der Waals surface area contributed by atoms with Gasteiger partial charge in [0.1, 0.15) is 5.69 Å². The van der Waals surface area contributed by atoms with Crippen LogP contribution in [0, 0.1) is 5.82 Å². The summed E-state index contributed by atoms with van der Waals surface area (Å²) in [6.45, 7) is 0.